The van der Waals surface area contributed by atoms with Crippen LogP contribution in [-0.2, 0) is 0 Å². The summed E-state index contributed by atoms with van der Waals surface area (Å²) in [5.41, 5.74) is 5.38. The number of aromatic amines is 1. The number of imidazole rings is 1. The molecular weight excluding hydrogens is 284 g/mol. The molecule has 1 heterocycles. The lowest BCUT2D eigenvalue weighted by molar-refractivity contribution is 1.05. The van der Waals surface area contributed by atoms with E-state index in [1.807, 2.05) is 37.2 Å². The third-order valence-electron chi connectivity index (χ3n) is 2.06. The molecule has 4 N–H and O–H groups in total. The Morgan fingerprint density at radius 2 is 1.88 bits per heavy atom. The van der Waals surface area contributed by atoms with Gasteiger partial charge in [-0.25, -0.2) is 4.98 Å². The molecule has 8 heteroatoms. The molecular formula is C9H16Cl3N5. The van der Waals surface area contributed by atoms with E-state index in [0.29, 0.717) is 0 Å². The van der Waals surface area contributed by atoms with Crippen LogP contribution in [0.2, 0.25) is 0 Å². The second-order valence-electron chi connectivity index (χ2n) is 3.33. The zero-order valence-electron chi connectivity index (χ0n) is 9.43. The van der Waals surface area contributed by atoms with Crippen molar-refractivity contribution in [1.29, 1.82) is 0 Å². The number of hydrogen-bond donors (Lipinski definition) is 3. The molecule has 0 spiro atoms. The Hall–Kier alpha value is -0.880. The van der Waals surface area contributed by atoms with Crippen LogP contribution >= 0.6 is 37.2 Å². The van der Waals surface area contributed by atoms with Gasteiger partial charge < -0.3 is 15.3 Å². The molecule has 0 aliphatic heterocycles. The first-order valence-corrected chi connectivity index (χ1v) is 4.34. The number of H-pyrrole nitrogens is 1. The maximum Gasteiger partial charge on any atom is 0.203 e. The summed E-state index contributed by atoms with van der Waals surface area (Å²) in [4.78, 5) is 9.50. The molecule has 0 saturated heterocycles. The van der Waals surface area contributed by atoms with Gasteiger partial charge in [0, 0.05) is 14.1 Å². The van der Waals surface area contributed by atoms with Gasteiger partial charge >= 0.3 is 0 Å². The molecule has 1 aromatic carbocycles. The third-order valence-corrected chi connectivity index (χ3v) is 2.06. The maximum absolute atomic E-state index is 5.31. The first kappa shape index (κ1) is 18.5. The Morgan fingerprint density at radius 1 is 1.24 bits per heavy atom. The van der Waals surface area contributed by atoms with Crippen LogP contribution < -0.4 is 16.2 Å². The monoisotopic (exact) mass is 299 g/mol. The van der Waals surface area contributed by atoms with Crippen LogP contribution in [0.15, 0.2) is 18.2 Å². The first-order valence-electron chi connectivity index (χ1n) is 4.34. The molecule has 2 aromatic rings. The van der Waals surface area contributed by atoms with Gasteiger partial charge in [0.25, 0.3) is 0 Å². The van der Waals surface area contributed by atoms with E-state index in [4.69, 9.17) is 5.84 Å². The van der Waals surface area contributed by atoms with E-state index in [1.54, 1.807) is 0 Å². The molecule has 0 atom stereocenters. The van der Waals surface area contributed by atoms with E-state index >= 15 is 0 Å². The lowest BCUT2D eigenvalue weighted by atomic mass is 10.3. The number of anilines is 2. The lowest BCUT2D eigenvalue weighted by Gasteiger charge is -2.05. The number of hydrogen-bond acceptors (Lipinski definition) is 4. The summed E-state index contributed by atoms with van der Waals surface area (Å²) in [5, 5.41) is 0. The number of nitrogens with two attached hydrogens (primary N) is 1. The second kappa shape index (κ2) is 7.45. The van der Waals surface area contributed by atoms with Crippen molar-refractivity contribution >= 4 is 59.9 Å². The summed E-state index contributed by atoms with van der Waals surface area (Å²) in [6.45, 7) is 0. The van der Waals surface area contributed by atoms with Crippen LogP contribution in [0.1, 0.15) is 0 Å². The first-order chi connectivity index (χ1) is 6.70. The third kappa shape index (κ3) is 3.81. The van der Waals surface area contributed by atoms with Crippen LogP contribution in [-0.4, -0.2) is 24.1 Å². The molecule has 0 aliphatic carbocycles. The molecule has 0 amide bonds. The minimum absolute atomic E-state index is 0. The molecule has 2 rings (SSSR count). The van der Waals surface area contributed by atoms with E-state index in [9.17, 15) is 0 Å². The van der Waals surface area contributed by atoms with Crippen LogP contribution in [0.4, 0.5) is 11.6 Å². The molecule has 0 radical (unpaired) electrons. The minimum Gasteiger partial charge on any atom is -0.349 e. The molecule has 0 saturated carbocycles. The molecule has 5 nitrogen and oxygen atoms in total. The molecule has 0 unspecified atom stereocenters. The fourth-order valence-corrected chi connectivity index (χ4v) is 1.30. The molecule has 98 valence electrons. The highest BCUT2D eigenvalue weighted by Crippen LogP contribution is 2.19. The summed E-state index contributed by atoms with van der Waals surface area (Å²) in [6.07, 6.45) is 0. The van der Waals surface area contributed by atoms with Crippen molar-refractivity contribution in [3.05, 3.63) is 18.2 Å². The highest BCUT2D eigenvalue weighted by Gasteiger charge is 2.03. The van der Waals surface area contributed by atoms with Gasteiger partial charge in [0.1, 0.15) is 0 Å². The van der Waals surface area contributed by atoms with Gasteiger partial charge in [-0.15, -0.1) is 37.2 Å². The fraction of sp³-hybridized carbons (Fsp3) is 0.222. The molecule has 0 aliphatic rings. The molecule has 17 heavy (non-hydrogen) atoms. The topological polar surface area (TPSA) is 70.0 Å². The normalized spacial score (nSPS) is 8.65. The molecule has 0 fully saturated rings. The van der Waals surface area contributed by atoms with E-state index < -0.39 is 0 Å². The van der Waals surface area contributed by atoms with Crippen LogP contribution in [0.3, 0.4) is 0 Å². The van der Waals surface area contributed by atoms with Gasteiger partial charge in [0.2, 0.25) is 5.95 Å². The van der Waals surface area contributed by atoms with Crippen LogP contribution in [0.5, 0.6) is 0 Å². The molecule has 1 aromatic heterocycles. The van der Waals surface area contributed by atoms with Gasteiger partial charge in [0.15, 0.2) is 0 Å². The summed E-state index contributed by atoms with van der Waals surface area (Å²) >= 11 is 0. The lowest BCUT2D eigenvalue weighted by Crippen LogP contribution is -2.09. The van der Waals surface area contributed by atoms with E-state index in [-0.39, 0.29) is 37.2 Å². The summed E-state index contributed by atoms with van der Waals surface area (Å²) < 4.78 is 0. The number of aromatic nitrogens is 2. The number of fused-ring (bicyclic) bond motifs is 1. The van der Waals surface area contributed by atoms with Crippen molar-refractivity contribution in [3.8, 4) is 0 Å². The Balaban J connectivity index is 0. The Kier molecular flexibility index (Phi) is 8.10. The van der Waals surface area contributed by atoms with E-state index in [0.717, 1.165) is 22.7 Å². The average Bonchev–Trinajstić information content (AvgIpc) is 2.59. The SMILES string of the molecule is CN(C)c1nc2ccc(NN)cc2[nH]1.Cl.Cl.Cl. The van der Waals surface area contributed by atoms with Crippen molar-refractivity contribution in [1.82, 2.24) is 9.97 Å². The van der Waals surface area contributed by atoms with Crippen molar-refractivity contribution in [2.45, 2.75) is 0 Å². The Labute approximate surface area is 118 Å². The van der Waals surface area contributed by atoms with Crippen molar-refractivity contribution in [3.63, 3.8) is 0 Å². The highest BCUT2D eigenvalue weighted by molar-refractivity contribution is 5.86. The standard InChI is InChI=1S/C9H13N5.3ClH/c1-14(2)9-11-7-4-3-6(13-10)5-8(7)12-9;;;/h3-5,13H,10H2,1-2H3,(H,11,12);3*1H. The highest BCUT2D eigenvalue weighted by atomic mass is 35.5. The number of nitrogen functional groups attached to an aromatic ring is 1. The predicted octanol–water partition coefficient (Wildman–Crippen LogP) is 2.18. The Morgan fingerprint density at radius 3 is 2.41 bits per heavy atom. The van der Waals surface area contributed by atoms with Crippen molar-refractivity contribution < 1.29 is 0 Å². The van der Waals surface area contributed by atoms with Gasteiger partial charge in [-0.2, -0.15) is 0 Å². The predicted molar refractivity (Wildman–Crippen MR) is 80.0 cm³/mol. The van der Waals surface area contributed by atoms with Crippen molar-refractivity contribution in [2.75, 3.05) is 24.4 Å². The quantitative estimate of drug-likeness (QED) is 0.587. The van der Waals surface area contributed by atoms with Gasteiger partial charge in [-0.05, 0) is 18.2 Å². The second-order valence-corrected chi connectivity index (χ2v) is 3.33. The van der Waals surface area contributed by atoms with E-state index in [2.05, 4.69) is 15.4 Å². The average molecular weight is 301 g/mol. The number of hydrazine groups is 1. The number of nitrogens with one attached hydrogen (secondary N) is 2. The van der Waals surface area contributed by atoms with Crippen LogP contribution in [0, 0.1) is 0 Å². The minimum atomic E-state index is 0. The van der Waals surface area contributed by atoms with Crippen LogP contribution in [0.25, 0.3) is 11.0 Å². The van der Waals surface area contributed by atoms with E-state index in [1.165, 1.54) is 0 Å². The smallest absolute Gasteiger partial charge is 0.203 e. The summed E-state index contributed by atoms with van der Waals surface area (Å²) in [7, 11) is 3.89. The zero-order chi connectivity index (χ0) is 10.1. The number of rotatable bonds is 2. The number of nitrogens with zero attached hydrogens (tertiary/aromatic N) is 2. The number of halogens is 3. The van der Waals surface area contributed by atoms with Gasteiger partial charge in [-0.1, -0.05) is 0 Å². The molecule has 0 bridgehead atoms. The van der Waals surface area contributed by atoms with Gasteiger partial charge in [0.05, 0.1) is 16.7 Å². The fourth-order valence-electron chi connectivity index (χ4n) is 1.30. The maximum atomic E-state index is 5.31. The zero-order valence-corrected chi connectivity index (χ0v) is 11.9. The Bertz CT molecular complexity index is 457. The summed E-state index contributed by atoms with van der Waals surface area (Å²) in [5.74, 6) is 6.15. The van der Waals surface area contributed by atoms with Gasteiger partial charge in [-0.3, -0.25) is 5.84 Å². The largest absolute Gasteiger partial charge is 0.349 e. The summed E-state index contributed by atoms with van der Waals surface area (Å²) in [6, 6.07) is 5.74. The van der Waals surface area contributed by atoms with Crippen molar-refractivity contribution in [2.24, 2.45) is 5.84 Å². The number of benzene rings is 1.